The molecule has 1 aromatic rings. The van der Waals surface area contributed by atoms with Crippen LogP contribution in [0.15, 0.2) is 24.3 Å². The standard InChI is InChI=1S/C21H25N3O11S/c1-10(25)31-9-16-17(32-11(2)26)18(33-12(3)27)19(34-13(4)28)20(35-16)23-21(36)22-14-7-5-6-8-15(14)24(29)30/h5-8,16-20H,9H2,1-4H3,(H2,22,23,36)/t16-,17+,18+,19+,20-/m1/s1. The number of benzene rings is 1. The van der Waals surface area contributed by atoms with Crippen molar-refractivity contribution in [3.05, 3.63) is 34.4 Å². The average Bonchev–Trinajstić information content (AvgIpc) is 2.75. The van der Waals surface area contributed by atoms with Crippen LogP contribution >= 0.6 is 12.2 Å². The predicted octanol–water partition coefficient (Wildman–Crippen LogP) is 0.964. The van der Waals surface area contributed by atoms with E-state index >= 15 is 0 Å². The van der Waals surface area contributed by atoms with Crippen molar-refractivity contribution >= 4 is 52.6 Å². The number of nitro benzene ring substituents is 1. The number of nitro groups is 1. The second kappa shape index (κ2) is 12.7. The minimum atomic E-state index is -1.39. The molecule has 0 spiro atoms. The maximum atomic E-state index is 11.9. The van der Waals surface area contributed by atoms with Crippen molar-refractivity contribution in [1.82, 2.24) is 5.32 Å². The molecular weight excluding hydrogens is 502 g/mol. The van der Waals surface area contributed by atoms with Gasteiger partial charge in [-0.1, -0.05) is 12.1 Å². The number of hydrogen-bond acceptors (Lipinski definition) is 12. The van der Waals surface area contributed by atoms with E-state index < -0.39 is 66.1 Å². The summed E-state index contributed by atoms with van der Waals surface area (Å²) in [6.45, 7) is 4.02. The summed E-state index contributed by atoms with van der Waals surface area (Å²) < 4.78 is 26.8. The summed E-state index contributed by atoms with van der Waals surface area (Å²) in [6, 6.07) is 5.70. The molecule has 2 N–H and O–H groups in total. The molecule has 2 rings (SSSR count). The van der Waals surface area contributed by atoms with Crippen LogP contribution < -0.4 is 10.6 Å². The normalized spacial score (nSPS) is 22.9. The summed E-state index contributed by atoms with van der Waals surface area (Å²) in [5.41, 5.74) is -0.200. The topological polar surface area (TPSA) is 182 Å². The monoisotopic (exact) mass is 527 g/mol. The lowest BCUT2D eigenvalue weighted by Crippen LogP contribution is -2.66. The van der Waals surface area contributed by atoms with Crippen LogP contribution in [0.3, 0.4) is 0 Å². The molecule has 0 aromatic heterocycles. The fourth-order valence-electron chi connectivity index (χ4n) is 3.37. The molecule has 0 bridgehead atoms. The molecule has 0 aliphatic carbocycles. The van der Waals surface area contributed by atoms with Gasteiger partial charge in [0.2, 0.25) is 0 Å². The van der Waals surface area contributed by atoms with Crippen LogP contribution in [-0.2, 0) is 42.9 Å². The fraction of sp³-hybridized carbons (Fsp3) is 0.476. The molecule has 0 saturated carbocycles. The Hall–Kier alpha value is -3.85. The van der Waals surface area contributed by atoms with Gasteiger partial charge in [0.15, 0.2) is 29.7 Å². The second-order valence-electron chi connectivity index (χ2n) is 7.49. The van der Waals surface area contributed by atoms with Gasteiger partial charge in [-0.05, 0) is 18.3 Å². The van der Waals surface area contributed by atoms with E-state index in [0.717, 1.165) is 27.7 Å². The maximum absolute atomic E-state index is 11.9. The van der Waals surface area contributed by atoms with Gasteiger partial charge >= 0.3 is 23.9 Å². The number of carbonyl (C=O) groups excluding carboxylic acids is 4. The number of nitrogens with one attached hydrogen (secondary N) is 2. The molecule has 0 amide bonds. The first-order valence-electron chi connectivity index (χ1n) is 10.5. The van der Waals surface area contributed by atoms with Crippen molar-refractivity contribution in [3.63, 3.8) is 0 Å². The summed E-state index contributed by atoms with van der Waals surface area (Å²) in [5.74, 6) is -3.01. The summed E-state index contributed by atoms with van der Waals surface area (Å²) in [6.07, 6.45) is -6.62. The molecule has 196 valence electrons. The third-order valence-electron chi connectivity index (χ3n) is 4.61. The Morgan fingerprint density at radius 3 is 2.06 bits per heavy atom. The van der Waals surface area contributed by atoms with Crippen molar-refractivity contribution in [2.45, 2.75) is 58.3 Å². The van der Waals surface area contributed by atoms with Crippen LogP contribution in [0, 0.1) is 10.1 Å². The maximum Gasteiger partial charge on any atom is 0.303 e. The lowest BCUT2D eigenvalue weighted by Gasteiger charge is -2.44. The number of thiocarbonyl (C=S) groups is 1. The van der Waals surface area contributed by atoms with Gasteiger partial charge in [0.1, 0.15) is 18.4 Å². The number of hydrogen-bond donors (Lipinski definition) is 2. The zero-order valence-corrected chi connectivity index (χ0v) is 20.6. The van der Waals surface area contributed by atoms with E-state index in [1.54, 1.807) is 6.07 Å². The predicted molar refractivity (Wildman–Crippen MR) is 124 cm³/mol. The van der Waals surface area contributed by atoms with E-state index in [1.807, 2.05) is 0 Å². The quantitative estimate of drug-likeness (QED) is 0.160. The van der Waals surface area contributed by atoms with Gasteiger partial charge in [0.25, 0.3) is 5.69 Å². The number of esters is 4. The van der Waals surface area contributed by atoms with Crippen LogP contribution in [-0.4, -0.2) is 71.2 Å². The molecule has 0 unspecified atom stereocenters. The van der Waals surface area contributed by atoms with Crippen molar-refractivity contribution in [1.29, 1.82) is 0 Å². The molecule has 5 atom stereocenters. The minimum absolute atomic E-state index is 0.0608. The Morgan fingerprint density at radius 1 is 0.944 bits per heavy atom. The fourth-order valence-corrected chi connectivity index (χ4v) is 3.60. The molecule has 1 heterocycles. The summed E-state index contributed by atoms with van der Waals surface area (Å²) in [7, 11) is 0. The first-order chi connectivity index (χ1) is 16.9. The molecule has 0 radical (unpaired) electrons. The molecule has 14 nitrogen and oxygen atoms in total. The zero-order valence-electron chi connectivity index (χ0n) is 19.7. The number of ether oxygens (including phenoxy) is 5. The summed E-state index contributed by atoms with van der Waals surface area (Å²) >= 11 is 5.26. The lowest BCUT2D eigenvalue weighted by molar-refractivity contribution is -0.383. The van der Waals surface area contributed by atoms with Gasteiger partial charge in [0, 0.05) is 33.8 Å². The molecule has 1 aliphatic heterocycles. The Morgan fingerprint density at radius 2 is 1.50 bits per heavy atom. The molecule has 1 aromatic carbocycles. The van der Waals surface area contributed by atoms with Crippen molar-refractivity contribution in [2.75, 3.05) is 11.9 Å². The Labute approximate surface area is 210 Å². The minimum Gasteiger partial charge on any atom is -0.463 e. The van der Waals surface area contributed by atoms with E-state index in [0.29, 0.717) is 0 Å². The van der Waals surface area contributed by atoms with Crippen LogP contribution in [0.1, 0.15) is 27.7 Å². The van der Waals surface area contributed by atoms with Crippen LogP contribution in [0.4, 0.5) is 11.4 Å². The third-order valence-corrected chi connectivity index (χ3v) is 4.83. The second-order valence-corrected chi connectivity index (χ2v) is 7.90. The van der Waals surface area contributed by atoms with Crippen molar-refractivity contribution in [2.24, 2.45) is 0 Å². The summed E-state index contributed by atoms with van der Waals surface area (Å²) in [5, 5.41) is 16.5. The third kappa shape index (κ3) is 8.13. The van der Waals surface area contributed by atoms with Crippen LogP contribution in [0.2, 0.25) is 0 Å². The van der Waals surface area contributed by atoms with E-state index in [2.05, 4.69) is 10.6 Å². The number of carbonyl (C=O) groups is 4. The van der Waals surface area contributed by atoms with Gasteiger partial charge in [0.05, 0.1) is 4.92 Å². The van der Waals surface area contributed by atoms with E-state index in [-0.39, 0.29) is 16.5 Å². The first-order valence-corrected chi connectivity index (χ1v) is 10.9. The Kier molecular flexibility index (Phi) is 10.0. The van der Waals surface area contributed by atoms with Gasteiger partial charge in [-0.3, -0.25) is 29.3 Å². The van der Waals surface area contributed by atoms with E-state index in [9.17, 15) is 29.3 Å². The number of nitrogens with zero attached hydrogens (tertiary/aromatic N) is 1. The highest BCUT2D eigenvalue weighted by molar-refractivity contribution is 7.80. The van der Waals surface area contributed by atoms with Gasteiger partial charge in [-0.15, -0.1) is 0 Å². The molecule has 1 fully saturated rings. The highest BCUT2D eigenvalue weighted by Gasteiger charge is 2.52. The van der Waals surface area contributed by atoms with Crippen molar-refractivity contribution in [3.8, 4) is 0 Å². The van der Waals surface area contributed by atoms with Gasteiger partial charge in [-0.25, -0.2) is 0 Å². The summed E-state index contributed by atoms with van der Waals surface area (Å²) in [4.78, 5) is 57.6. The molecule has 36 heavy (non-hydrogen) atoms. The van der Waals surface area contributed by atoms with E-state index in [1.165, 1.54) is 18.2 Å². The molecular formula is C21H25N3O11S. The number of para-hydroxylation sites is 2. The molecule has 1 aliphatic rings. The Bertz CT molecular complexity index is 1030. The molecule has 1 saturated heterocycles. The van der Waals surface area contributed by atoms with Gasteiger partial charge < -0.3 is 34.3 Å². The Balaban J connectivity index is 2.40. The lowest BCUT2D eigenvalue weighted by atomic mass is 9.97. The highest BCUT2D eigenvalue weighted by Crippen LogP contribution is 2.29. The SMILES string of the molecule is CC(=O)OC[C@H]1O[C@@H](NC(=S)Nc2ccccc2[N+](=O)[O-])[C@@H](OC(C)=O)[C@@H](OC(C)=O)[C@H]1OC(C)=O. The smallest absolute Gasteiger partial charge is 0.303 e. The van der Waals surface area contributed by atoms with Crippen molar-refractivity contribution < 1.29 is 47.8 Å². The highest BCUT2D eigenvalue weighted by atomic mass is 32.1. The largest absolute Gasteiger partial charge is 0.463 e. The van der Waals surface area contributed by atoms with Crippen LogP contribution in [0.5, 0.6) is 0 Å². The molecule has 15 heteroatoms. The zero-order chi connectivity index (χ0) is 27.0. The van der Waals surface area contributed by atoms with Crippen LogP contribution in [0.25, 0.3) is 0 Å². The first kappa shape index (κ1) is 28.4. The average molecular weight is 528 g/mol. The van der Waals surface area contributed by atoms with Gasteiger partial charge in [-0.2, -0.15) is 0 Å². The number of rotatable bonds is 8. The number of anilines is 1. The van der Waals surface area contributed by atoms with E-state index in [4.69, 9.17) is 35.9 Å².